The predicted molar refractivity (Wildman–Crippen MR) is 115 cm³/mol. The monoisotopic (exact) mass is 572 g/mol. The van der Waals surface area contributed by atoms with Gasteiger partial charge in [-0.15, -0.1) is 0 Å². The number of rotatable bonds is 7. The Morgan fingerprint density at radius 2 is 1.05 bits per heavy atom. The lowest BCUT2D eigenvalue weighted by molar-refractivity contribution is -0.285. The molecule has 6 nitrogen and oxygen atoms in total. The van der Waals surface area contributed by atoms with Gasteiger partial charge in [0.25, 0.3) is 0 Å². The van der Waals surface area contributed by atoms with Gasteiger partial charge in [-0.1, -0.05) is 0 Å². The van der Waals surface area contributed by atoms with Crippen LogP contribution in [-0.4, -0.2) is 46.6 Å². The zero-order valence-corrected chi connectivity index (χ0v) is 19.6. The van der Waals surface area contributed by atoms with E-state index in [2.05, 4.69) is 4.74 Å². The standard InChI is InChI=1S/C22H15F7O6S2/c23-20(22(27,28)29,37(32,33)34)19(21(24,25)26)35-15-5-11-18(12-6-15)36(16-7-1-13(30)2-8-16)17-9-3-14(31)4-10-17/h1-12,19H,(H2-,30,31,32,33,34). The summed E-state index contributed by atoms with van der Waals surface area (Å²) in [5, 5.41) is 12.8. The molecule has 3 rings (SSSR count). The Kier molecular flexibility index (Phi) is 7.63. The maximum Gasteiger partial charge on any atom is 0.440 e. The maximum atomic E-state index is 14.5. The minimum absolute atomic E-state index is 0.0624. The van der Waals surface area contributed by atoms with Crippen molar-refractivity contribution in [3.8, 4) is 17.2 Å². The highest BCUT2D eigenvalue weighted by Crippen LogP contribution is 2.47. The zero-order valence-electron chi connectivity index (χ0n) is 18.0. The number of aromatic hydroxyl groups is 2. The van der Waals surface area contributed by atoms with Gasteiger partial charge in [0.15, 0.2) is 14.7 Å². The molecule has 0 fully saturated rings. The first kappa shape index (κ1) is 28.4. The Bertz CT molecular complexity index is 1280. The molecule has 2 N–H and O–H groups in total. The Morgan fingerprint density at radius 3 is 1.35 bits per heavy atom. The topological polar surface area (TPSA) is 107 Å². The average Bonchev–Trinajstić information content (AvgIpc) is 2.78. The van der Waals surface area contributed by atoms with Crippen LogP contribution in [-0.2, 0) is 21.0 Å². The number of hydrogen-bond donors (Lipinski definition) is 2. The third-order valence-electron chi connectivity index (χ3n) is 4.84. The third kappa shape index (κ3) is 5.88. The largest absolute Gasteiger partial charge is 0.745 e. The molecule has 0 spiro atoms. The normalized spacial score (nSPS) is 15.3. The van der Waals surface area contributed by atoms with Gasteiger partial charge in [-0.05, 0) is 72.8 Å². The number of phenolic OH excluding ortho intramolecular Hbond substituents is 2. The van der Waals surface area contributed by atoms with Crippen molar-refractivity contribution in [2.45, 2.75) is 38.1 Å². The highest BCUT2D eigenvalue weighted by molar-refractivity contribution is 7.97. The van der Waals surface area contributed by atoms with E-state index in [0.717, 1.165) is 24.3 Å². The SMILES string of the molecule is O=S(=O)([O-])C(F)(C(Oc1ccc([S+](c2ccc(O)cc2)c2ccc(O)cc2)cc1)C(F)(F)F)C(F)(F)F. The van der Waals surface area contributed by atoms with E-state index in [4.69, 9.17) is 0 Å². The first-order valence-corrected chi connectivity index (χ1v) is 12.5. The smallest absolute Gasteiger partial charge is 0.440 e. The van der Waals surface area contributed by atoms with E-state index in [-0.39, 0.29) is 11.5 Å². The summed E-state index contributed by atoms with van der Waals surface area (Å²) in [6, 6.07) is 15.4. The molecule has 0 aliphatic rings. The molecule has 2 atom stereocenters. The van der Waals surface area contributed by atoms with Crippen LogP contribution in [0.1, 0.15) is 0 Å². The second-order valence-electron chi connectivity index (χ2n) is 7.40. The Labute approximate surface area is 208 Å². The van der Waals surface area contributed by atoms with Crippen LogP contribution in [0.2, 0.25) is 0 Å². The van der Waals surface area contributed by atoms with Crippen molar-refractivity contribution in [2.75, 3.05) is 0 Å². The summed E-state index contributed by atoms with van der Waals surface area (Å²) in [5.74, 6) is -1.12. The molecule has 37 heavy (non-hydrogen) atoms. The molecule has 0 aromatic heterocycles. The Balaban J connectivity index is 2.05. The number of ether oxygens (including phenoxy) is 1. The van der Waals surface area contributed by atoms with E-state index < -0.39 is 50.2 Å². The molecule has 3 aromatic rings. The van der Waals surface area contributed by atoms with Crippen molar-refractivity contribution in [1.29, 1.82) is 0 Å². The summed E-state index contributed by atoms with van der Waals surface area (Å²) in [5.41, 5.74) is 0. The number of hydrogen-bond acceptors (Lipinski definition) is 6. The van der Waals surface area contributed by atoms with Crippen LogP contribution in [0.25, 0.3) is 0 Å². The van der Waals surface area contributed by atoms with E-state index in [1.54, 1.807) is 0 Å². The molecule has 0 radical (unpaired) electrons. The van der Waals surface area contributed by atoms with Crippen molar-refractivity contribution in [1.82, 2.24) is 0 Å². The lowest BCUT2D eigenvalue weighted by Gasteiger charge is -2.37. The van der Waals surface area contributed by atoms with Crippen LogP contribution in [0.4, 0.5) is 30.7 Å². The zero-order chi connectivity index (χ0) is 27.8. The second kappa shape index (κ2) is 9.95. The van der Waals surface area contributed by atoms with E-state index in [1.165, 1.54) is 48.5 Å². The third-order valence-corrected chi connectivity index (χ3v) is 8.25. The number of phenols is 2. The van der Waals surface area contributed by atoms with E-state index >= 15 is 0 Å². The van der Waals surface area contributed by atoms with Gasteiger partial charge >= 0.3 is 17.4 Å². The van der Waals surface area contributed by atoms with Gasteiger partial charge in [0.05, 0.1) is 10.9 Å². The molecule has 0 bridgehead atoms. The van der Waals surface area contributed by atoms with Crippen molar-refractivity contribution < 1.29 is 58.7 Å². The summed E-state index contributed by atoms with van der Waals surface area (Å²) in [4.78, 5) is 1.54. The number of benzene rings is 3. The highest BCUT2D eigenvalue weighted by Gasteiger charge is 2.74. The van der Waals surface area contributed by atoms with Gasteiger partial charge in [0.2, 0.25) is 6.10 Å². The summed E-state index contributed by atoms with van der Waals surface area (Å²) >= 11 is 0. The van der Waals surface area contributed by atoms with Gasteiger partial charge in [0.1, 0.15) is 27.4 Å². The second-order valence-corrected chi connectivity index (χ2v) is 10.9. The van der Waals surface area contributed by atoms with Crippen molar-refractivity contribution >= 4 is 21.0 Å². The lowest BCUT2D eigenvalue weighted by Crippen LogP contribution is -2.63. The molecule has 0 amide bonds. The first-order chi connectivity index (χ1) is 16.9. The minimum Gasteiger partial charge on any atom is -0.745 e. The summed E-state index contributed by atoms with van der Waals surface area (Å²) in [7, 11) is -8.27. The molecule has 2 unspecified atom stereocenters. The van der Waals surface area contributed by atoms with Gasteiger partial charge in [-0.25, -0.2) is 12.8 Å². The lowest BCUT2D eigenvalue weighted by atomic mass is 10.2. The Hall–Kier alpha value is -3.17. The quantitative estimate of drug-likeness (QED) is 0.227. The van der Waals surface area contributed by atoms with Gasteiger partial charge in [0, 0.05) is 0 Å². The molecular formula is C22H15F7O6S2. The molecule has 15 heteroatoms. The fourth-order valence-electron chi connectivity index (χ4n) is 3.14. The summed E-state index contributed by atoms with van der Waals surface area (Å²) in [6.07, 6.45) is -17.7. The average molecular weight is 572 g/mol. The van der Waals surface area contributed by atoms with Crippen LogP contribution in [0.3, 0.4) is 0 Å². The molecule has 200 valence electrons. The predicted octanol–water partition coefficient (Wildman–Crippen LogP) is 5.28. The molecule has 3 aromatic carbocycles. The van der Waals surface area contributed by atoms with Crippen LogP contribution in [0.15, 0.2) is 87.5 Å². The summed E-state index contributed by atoms with van der Waals surface area (Å²) in [6.45, 7) is 0. The van der Waals surface area contributed by atoms with Crippen LogP contribution < -0.4 is 4.74 Å². The van der Waals surface area contributed by atoms with Gasteiger partial charge in [-0.2, -0.15) is 26.3 Å². The Morgan fingerprint density at radius 1 is 0.703 bits per heavy atom. The molecule has 0 heterocycles. The minimum atomic E-state index is -7.25. The van der Waals surface area contributed by atoms with Gasteiger partial charge < -0.3 is 19.5 Å². The van der Waals surface area contributed by atoms with Crippen molar-refractivity contribution in [2.24, 2.45) is 0 Å². The van der Waals surface area contributed by atoms with Crippen LogP contribution in [0.5, 0.6) is 17.2 Å². The number of halogens is 7. The highest BCUT2D eigenvalue weighted by atomic mass is 32.2. The molecule has 0 saturated carbocycles. The maximum absolute atomic E-state index is 14.5. The van der Waals surface area contributed by atoms with Crippen molar-refractivity contribution in [3.63, 3.8) is 0 Å². The summed E-state index contributed by atoms with van der Waals surface area (Å²) < 4.78 is 131. The van der Waals surface area contributed by atoms with E-state index in [9.17, 15) is 53.9 Å². The van der Waals surface area contributed by atoms with Crippen molar-refractivity contribution in [3.05, 3.63) is 72.8 Å². The van der Waals surface area contributed by atoms with Crippen LogP contribution in [0, 0.1) is 0 Å². The first-order valence-electron chi connectivity index (χ1n) is 9.82. The molecular weight excluding hydrogens is 557 g/mol. The van der Waals surface area contributed by atoms with Crippen LogP contribution >= 0.6 is 0 Å². The van der Waals surface area contributed by atoms with Gasteiger partial charge in [-0.3, -0.25) is 0 Å². The number of alkyl halides is 7. The molecule has 0 aliphatic heterocycles. The van der Waals surface area contributed by atoms with E-state index in [0.29, 0.717) is 14.7 Å². The fraction of sp³-hybridized carbons (Fsp3) is 0.182. The molecule has 0 saturated heterocycles. The van der Waals surface area contributed by atoms with E-state index in [1.807, 2.05) is 0 Å². The fourth-order valence-corrected chi connectivity index (χ4v) is 5.91. The molecule has 0 aliphatic carbocycles.